The van der Waals surface area contributed by atoms with Gasteiger partial charge in [-0.25, -0.2) is 0 Å². The minimum absolute atomic E-state index is 0.0706. The van der Waals surface area contributed by atoms with Crippen LogP contribution >= 0.6 is 0 Å². The zero-order valence-electron chi connectivity index (χ0n) is 10.5. The normalized spacial score (nSPS) is 12.5. The Balaban J connectivity index is 3.37. The molecular formula is C11H24N2O3. The van der Waals surface area contributed by atoms with Crippen LogP contribution in [-0.2, 0) is 9.53 Å². The molecule has 0 rings (SSSR count). The summed E-state index contributed by atoms with van der Waals surface area (Å²) >= 11 is 0. The summed E-state index contributed by atoms with van der Waals surface area (Å²) in [7, 11) is 3.52. The molecule has 1 unspecified atom stereocenters. The summed E-state index contributed by atoms with van der Waals surface area (Å²) in [6.07, 6.45) is 1.41. The molecule has 0 saturated carbocycles. The Kier molecular flexibility index (Phi) is 9.18. The van der Waals surface area contributed by atoms with E-state index in [0.717, 1.165) is 13.0 Å². The van der Waals surface area contributed by atoms with E-state index in [0.29, 0.717) is 19.6 Å². The van der Waals surface area contributed by atoms with Crippen LogP contribution in [0, 0.1) is 0 Å². The van der Waals surface area contributed by atoms with Crippen LogP contribution in [0.4, 0.5) is 0 Å². The molecule has 96 valence electrons. The Hall–Kier alpha value is -0.650. The van der Waals surface area contributed by atoms with E-state index in [9.17, 15) is 4.79 Å². The van der Waals surface area contributed by atoms with Crippen molar-refractivity contribution in [3.05, 3.63) is 0 Å². The minimum Gasteiger partial charge on any atom is -0.394 e. The molecule has 0 aromatic heterocycles. The van der Waals surface area contributed by atoms with Gasteiger partial charge in [0, 0.05) is 33.2 Å². The van der Waals surface area contributed by atoms with Gasteiger partial charge in [-0.05, 0) is 19.9 Å². The maximum absolute atomic E-state index is 11.4. The van der Waals surface area contributed by atoms with E-state index in [1.165, 1.54) is 0 Å². The zero-order chi connectivity index (χ0) is 12.4. The smallest absolute Gasteiger partial charge is 0.223 e. The summed E-state index contributed by atoms with van der Waals surface area (Å²) in [6, 6.07) is 0.188. The third-order valence-electron chi connectivity index (χ3n) is 2.17. The highest BCUT2D eigenvalue weighted by atomic mass is 16.5. The van der Waals surface area contributed by atoms with Gasteiger partial charge in [-0.3, -0.25) is 4.79 Å². The van der Waals surface area contributed by atoms with E-state index in [1.807, 2.05) is 6.92 Å². The maximum atomic E-state index is 11.4. The van der Waals surface area contributed by atoms with Crippen LogP contribution in [0.25, 0.3) is 0 Å². The molecular weight excluding hydrogens is 208 g/mol. The van der Waals surface area contributed by atoms with E-state index < -0.39 is 0 Å². The SMILES string of the molecule is CC(CC(=O)N(C)C)NCCCOCCO. The Labute approximate surface area is 97.8 Å². The number of carbonyl (C=O) groups excluding carboxylic acids is 1. The van der Waals surface area contributed by atoms with Crippen molar-refractivity contribution in [2.24, 2.45) is 0 Å². The molecule has 0 spiro atoms. The topological polar surface area (TPSA) is 61.8 Å². The second-order valence-corrected chi connectivity index (χ2v) is 4.04. The molecule has 1 atom stereocenters. The summed E-state index contributed by atoms with van der Waals surface area (Å²) < 4.78 is 5.12. The molecule has 0 aliphatic carbocycles. The highest BCUT2D eigenvalue weighted by Gasteiger charge is 2.09. The molecule has 5 nitrogen and oxygen atoms in total. The Bertz CT molecular complexity index is 186. The first-order valence-corrected chi connectivity index (χ1v) is 5.70. The van der Waals surface area contributed by atoms with Crippen molar-refractivity contribution < 1.29 is 14.6 Å². The molecule has 0 saturated heterocycles. The fourth-order valence-electron chi connectivity index (χ4n) is 1.21. The number of aliphatic hydroxyl groups is 1. The van der Waals surface area contributed by atoms with E-state index in [2.05, 4.69) is 5.32 Å². The summed E-state index contributed by atoms with van der Waals surface area (Å²) in [5.41, 5.74) is 0. The summed E-state index contributed by atoms with van der Waals surface area (Å²) in [5, 5.41) is 11.7. The lowest BCUT2D eigenvalue weighted by atomic mass is 10.2. The number of hydrogen-bond donors (Lipinski definition) is 2. The van der Waals surface area contributed by atoms with Gasteiger partial charge >= 0.3 is 0 Å². The van der Waals surface area contributed by atoms with Crippen molar-refractivity contribution in [2.75, 3.05) is 40.5 Å². The zero-order valence-corrected chi connectivity index (χ0v) is 10.5. The largest absolute Gasteiger partial charge is 0.394 e. The number of aliphatic hydroxyl groups excluding tert-OH is 1. The molecule has 0 radical (unpaired) electrons. The Morgan fingerprint density at radius 1 is 1.44 bits per heavy atom. The predicted octanol–water partition coefficient (Wildman–Crippen LogP) is -0.158. The van der Waals surface area contributed by atoms with Gasteiger partial charge in [0.1, 0.15) is 0 Å². The highest BCUT2D eigenvalue weighted by molar-refractivity contribution is 5.76. The van der Waals surface area contributed by atoms with Crippen LogP contribution in [0.15, 0.2) is 0 Å². The van der Waals surface area contributed by atoms with Gasteiger partial charge in [-0.2, -0.15) is 0 Å². The molecule has 0 bridgehead atoms. The number of rotatable bonds is 9. The first-order valence-electron chi connectivity index (χ1n) is 5.70. The lowest BCUT2D eigenvalue weighted by Gasteiger charge is -2.16. The number of ether oxygens (including phenoxy) is 1. The quantitative estimate of drug-likeness (QED) is 0.542. The Morgan fingerprint density at radius 3 is 2.69 bits per heavy atom. The fourth-order valence-corrected chi connectivity index (χ4v) is 1.21. The lowest BCUT2D eigenvalue weighted by Crippen LogP contribution is -2.34. The predicted molar refractivity (Wildman–Crippen MR) is 63.3 cm³/mol. The van der Waals surface area contributed by atoms with Gasteiger partial charge in [0.2, 0.25) is 5.91 Å². The molecule has 16 heavy (non-hydrogen) atoms. The average Bonchev–Trinajstić information content (AvgIpc) is 2.23. The molecule has 0 fully saturated rings. The molecule has 0 aromatic rings. The number of nitrogens with zero attached hydrogens (tertiary/aromatic N) is 1. The van der Waals surface area contributed by atoms with E-state index in [1.54, 1.807) is 19.0 Å². The number of amides is 1. The lowest BCUT2D eigenvalue weighted by molar-refractivity contribution is -0.129. The molecule has 0 aromatic carbocycles. The molecule has 2 N–H and O–H groups in total. The van der Waals surface area contributed by atoms with E-state index in [4.69, 9.17) is 9.84 Å². The van der Waals surface area contributed by atoms with E-state index in [-0.39, 0.29) is 18.6 Å². The van der Waals surface area contributed by atoms with Gasteiger partial charge < -0.3 is 20.1 Å². The van der Waals surface area contributed by atoms with Gasteiger partial charge in [0.25, 0.3) is 0 Å². The van der Waals surface area contributed by atoms with Gasteiger partial charge in [-0.15, -0.1) is 0 Å². The fraction of sp³-hybridized carbons (Fsp3) is 0.909. The van der Waals surface area contributed by atoms with Gasteiger partial charge in [0.05, 0.1) is 13.2 Å². The van der Waals surface area contributed by atoms with Crippen LogP contribution in [0.2, 0.25) is 0 Å². The average molecular weight is 232 g/mol. The van der Waals surface area contributed by atoms with E-state index >= 15 is 0 Å². The second kappa shape index (κ2) is 9.57. The van der Waals surface area contributed by atoms with Crippen molar-refractivity contribution in [3.63, 3.8) is 0 Å². The van der Waals surface area contributed by atoms with Gasteiger partial charge in [0.15, 0.2) is 0 Å². The summed E-state index contributed by atoms with van der Waals surface area (Å²) in [5.74, 6) is 0.136. The van der Waals surface area contributed by atoms with Crippen LogP contribution in [0.3, 0.4) is 0 Å². The van der Waals surface area contributed by atoms with Crippen molar-refractivity contribution >= 4 is 5.91 Å². The third-order valence-corrected chi connectivity index (χ3v) is 2.17. The van der Waals surface area contributed by atoms with Crippen LogP contribution < -0.4 is 5.32 Å². The van der Waals surface area contributed by atoms with Crippen molar-refractivity contribution in [1.82, 2.24) is 10.2 Å². The van der Waals surface area contributed by atoms with Crippen molar-refractivity contribution in [3.8, 4) is 0 Å². The van der Waals surface area contributed by atoms with Crippen molar-refractivity contribution in [1.29, 1.82) is 0 Å². The maximum Gasteiger partial charge on any atom is 0.223 e. The molecule has 0 aliphatic rings. The highest BCUT2D eigenvalue weighted by Crippen LogP contribution is 1.94. The molecule has 0 heterocycles. The monoisotopic (exact) mass is 232 g/mol. The minimum atomic E-state index is 0.0706. The summed E-state index contributed by atoms with van der Waals surface area (Å²) in [6.45, 7) is 3.93. The number of nitrogens with one attached hydrogen (secondary N) is 1. The number of hydrogen-bond acceptors (Lipinski definition) is 4. The second-order valence-electron chi connectivity index (χ2n) is 4.04. The summed E-state index contributed by atoms with van der Waals surface area (Å²) in [4.78, 5) is 13.0. The molecule has 5 heteroatoms. The van der Waals surface area contributed by atoms with Gasteiger partial charge in [-0.1, -0.05) is 0 Å². The van der Waals surface area contributed by atoms with Crippen LogP contribution in [0.5, 0.6) is 0 Å². The Morgan fingerprint density at radius 2 is 2.12 bits per heavy atom. The van der Waals surface area contributed by atoms with Crippen molar-refractivity contribution in [2.45, 2.75) is 25.8 Å². The molecule has 1 amide bonds. The van der Waals surface area contributed by atoms with Crippen LogP contribution in [-0.4, -0.2) is 62.4 Å². The molecule has 0 aliphatic heterocycles. The third kappa shape index (κ3) is 8.64. The van der Waals surface area contributed by atoms with Crippen LogP contribution in [0.1, 0.15) is 19.8 Å². The standard InChI is InChI=1S/C11H24N2O3/c1-10(9-11(15)13(2)3)12-5-4-7-16-8-6-14/h10,12,14H,4-9H2,1-3H3. The first-order chi connectivity index (χ1) is 7.57. The first kappa shape index (κ1) is 15.3. The number of carbonyl (C=O) groups is 1.